The molecule has 4 aromatic rings. The van der Waals surface area contributed by atoms with Crippen LogP contribution < -0.4 is 101 Å². The molecule has 0 radical (unpaired) electrons. The third-order valence-corrected chi connectivity index (χ3v) is 17.3. The Hall–Kier alpha value is -2.99. The van der Waals surface area contributed by atoms with Crippen molar-refractivity contribution in [1.29, 1.82) is 0 Å². The Labute approximate surface area is 368 Å². The molecule has 0 aromatic heterocycles. The third kappa shape index (κ3) is 7.43. The summed E-state index contributed by atoms with van der Waals surface area (Å²) in [6.45, 7) is 21.6. The number of methoxy groups -OCH3 is 9. The number of halogens is 3. The van der Waals surface area contributed by atoms with Crippen molar-refractivity contribution in [1.82, 2.24) is 0 Å². The van der Waals surface area contributed by atoms with E-state index in [9.17, 15) is 0 Å². The first-order chi connectivity index (χ1) is 24.6. The zero-order chi connectivity index (χ0) is 39.1. The molecule has 0 aliphatic carbocycles. The molecule has 4 rings (SSSR count). The zero-order valence-electron chi connectivity index (χ0n) is 36.3. The first-order valence-electron chi connectivity index (χ1n) is 17.3. The summed E-state index contributed by atoms with van der Waals surface area (Å²) < 4.78 is 55.6. The Balaban J connectivity index is 0.00000756. The Bertz CT molecular complexity index is 1740. The molecule has 0 saturated heterocycles. The molecule has 0 spiro atoms. The quantitative estimate of drug-likeness (QED) is 0.0792. The molecule has 56 heavy (non-hydrogen) atoms. The van der Waals surface area contributed by atoms with E-state index in [4.69, 9.17) is 42.6 Å². The van der Waals surface area contributed by atoms with Crippen LogP contribution in [0.15, 0.2) is 0 Å². The van der Waals surface area contributed by atoms with Crippen molar-refractivity contribution < 1.29 is 102 Å². The molecule has 308 valence electrons. The average Bonchev–Trinajstić information content (AvgIpc) is 3.31. The van der Waals surface area contributed by atoms with Crippen LogP contribution in [0.25, 0.3) is 0 Å². The molecular weight excluding hydrogens is 831 g/mol. The van der Waals surface area contributed by atoms with E-state index in [0.29, 0.717) is 51.7 Å². The second kappa shape index (κ2) is 20.6. The van der Waals surface area contributed by atoms with Crippen molar-refractivity contribution in [2.45, 2.75) is 69.2 Å². The van der Waals surface area contributed by atoms with E-state index in [1.807, 2.05) is 0 Å². The van der Waals surface area contributed by atoms with Gasteiger partial charge in [0, 0.05) is 0 Å². The summed E-state index contributed by atoms with van der Waals surface area (Å²) in [5.41, 5.74) is 10.5. The minimum atomic E-state index is -3.71. The van der Waals surface area contributed by atoms with Gasteiger partial charge < -0.3 is 79.9 Å². The molecule has 0 fully saturated rings. The molecule has 0 aliphatic rings. The Morgan fingerprint density at radius 3 is 0.661 bits per heavy atom. The topological polar surface area (TPSA) is 83.1 Å². The van der Waals surface area contributed by atoms with Crippen molar-refractivity contribution in [3.05, 3.63) is 55.6 Å². The van der Waals surface area contributed by atoms with Crippen LogP contribution >= 0.6 is 0 Å². The van der Waals surface area contributed by atoms with Crippen molar-refractivity contribution in [2.75, 3.05) is 64.0 Å². The number of rotatable bonds is 13. The molecule has 0 bridgehead atoms. The standard InChI is InChI=1S/C42H57O9Si.3ClH.Ti/c1-20-21(2)23(4)39(22(20)3)52(40-24(5)30(43-11)36(49-17)31(44-12)25(40)6,41-26(7)32(45-13)37(50-18)33(46-14)27(41)8)42-28(9)34(47-15)38(51-19)35(48-16)29(42)10;;;;/h1-19H3;3*1H;/q-1;;;;+4/p-3. The van der Waals surface area contributed by atoms with Gasteiger partial charge in [-0.05, 0) is 90.5 Å². The van der Waals surface area contributed by atoms with Crippen molar-refractivity contribution in [3.8, 4) is 51.7 Å². The molecule has 14 heteroatoms. The molecule has 0 amide bonds. The van der Waals surface area contributed by atoms with Crippen LogP contribution in [0, 0.1) is 69.2 Å². The molecule has 4 aromatic carbocycles. The first-order valence-corrected chi connectivity index (χ1v) is 19.3. The molecular formula is C42H57Cl3O9SiTi. The maximum Gasteiger partial charge on any atom is 4.00 e. The summed E-state index contributed by atoms with van der Waals surface area (Å²) >= 11 is 0. The average molecular weight is 888 g/mol. The summed E-state index contributed by atoms with van der Waals surface area (Å²) in [5, 5.41) is 4.49. The summed E-state index contributed by atoms with van der Waals surface area (Å²) in [6, 6.07) is 0. The second-order valence-electron chi connectivity index (χ2n) is 13.3. The van der Waals surface area contributed by atoms with Gasteiger partial charge in [-0.1, -0.05) is 27.7 Å². The van der Waals surface area contributed by atoms with E-state index in [0.717, 1.165) is 48.9 Å². The summed E-state index contributed by atoms with van der Waals surface area (Å²) in [7, 11) is 11.3. The van der Waals surface area contributed by atoms with E-state index in [-0.39, 0.29) is 58.9 Å². The van der Waals surface area contributed by atoms with Crippen molar-refractivity contribution in [3.63, 3.8) is 0 Å². The van der Waals surface area contributed by atoms with Crippen molar-refractivity contribution >= 4 is 28.8 Å². The minimum absolute atomic E-state index is 0. The van der Waals surface area contributed by atoms with Gasteiger partial charge in [0.25, 0.3) is 0 Å². The summed E-state index contributed by atoms with van der Waals surface area (Å²) in [4.78, 5) is 0. The van der Waals surface area contributed by atoms with E-state index < -0.39 is 8.07 Å². The van der Waals surface area contributed by atoms with Gasteiger partial charge in [-0.15, -0.1) is 0 Å². The van der Waals surface area contributed by atoms with Crippen LogP contribution in [0.2, 0.25) is 0 Å². The number of benzene rings is 3. The fourth-order valence-corrected chi connectivity index (χ4v) is 16.2. The van der Waals surface area contributed by atoms with E-state index in [1.54, 1.807) is 64.0 Å². The van der Waals surface area contributed by atoms with Gasteiger partial charge in [-0.25, -0.2) is 0 Å². The molecule has 9 nitrogen and oxygen atoms in total. The zero-order valence-corrected chi connectivity index (χ0v) is 41.1. The smallest absolute Gasteiger partial charge is 1.00 e. The largest absolute Gasteiger partial charge is 4.00 e. The van der Waals surface area contributed by atoms with E-state index >= 15 is 0 Å². The van der Waals surface area contributed by atoms with Gasteiger partial charge in [0.05, 0.1) is 64.0 Å². The SMILES string of the molecule is COc1c(C)c([Si](c2c(C)c(OC)c(OC)c(OC)c2C)(c2c(C)c(OC)c(OC)c(OC)c2C)c2c(C)c(C)c(C)[c-]2C)c(C)c(OC)c1OC.[Cl-].[Cl-].[Cl-].[Ti+4]. The van der Waals surface area contributed by atoms with Gasteiger partial charge in [-0.3, -0.25) is 0 Å². The minimum Gasteiger partial charge on any atom is -1.00 e. The first kappa shape index (κ1) is 53.0. The molecule has 0 unspecified atom stereocenters. The Morgan fingerprint density at radius 1 is 0.321 bits per heavy atom. The van der Waals surface area contributed by atoms with E-state index in [1.165, 1.54) is 27.4 Å². The Kier molecular flexibility index (Phi) is 19.5. The van der Waals surface area contributed by atoms with Crippen molar-refractivity contribution in [2.24, 2.45) is 0 Å². The maximum atomic E-state index is 6.25. The van der Waals surface area contributed by atoms with Gasteiger partial charge in [-0.2, -0.15) is 27.4 Å². The molecule has 0 aliphatic heterocycles. The third-order valence-electron chi connectivity index (χ3n) is 11.3. The van der Waals surface area contributed by atoms with Gasteiger partial charge in [0.2, 0.25) is 17.2 Å². The maximum absolute atomic E-state index is 6.25. The number of hydrogen-bond acceptors (Lipinski definition) is 9. The fourth-order valence-electron chi connectivity index (χ4n) is 9.11. The molecule has 0 N–H and O–H groups in total. The van der Waals surface area contributed by atoms with Crippen LogP contribution in [-0.2, 0) is 21.7 Å². The van der Waals surface area contributed by atoms with Gasteiger partial charge >= 0.3 is 21.7 Å². The normalized spacial score (nSPS) is 10.6. The van der Waals surface area contributed by atoms with Crippen LogP contribution in [0.4, 0.5) is 0 Å². The second-order valence-corrected chi connectivity index (χ2v) is 16.8. The van der Waals surface area contributed by atoms with Gasteiger partial charge in [0.1, 0.15) is 0 Å². The summed E-state index contributed by atoms with van der Waals surface area (Å²) in [5.74, 6) is 5.17. The number of ether oxygens (including phenoxy) is 9. The summed E-state index contributed by atoms with van der Waals surface area (Å²) in [6.07, 6.45) is 0. The van der Waals surface area contributed by atoms with E-state index in [2.05, 4.69) is 69.2 Å². The molecule has 0 atom stereocenters. The van der Waals surface area contributed by atoms with Crippen LogP contribution in [-0.4, -0.2) is 72.1 Å². The predicted molar refractivity (Wildman–Crippen MR) is 212 cm³/mol. The van der Waals surface area contributed by atoms with Gasteiger partial charge in [0.15, 0.2) is 42.6 Å². The van der Waals surface area contributed by atoms with Crippen LogP contribution in [0.5, 0.6) is 51.7 Å². The Morgan fingerprint density at radius 2 is 0.518 bits per heavy atom. The fraction of sp³-hybridized carbons (Fsp3) is 0.452. The monoisotopic (exact) mass is 886 g/mol. The molecule has 0 saturated carbocycles. The number of hydrogen-bond donors (Lipinski definition) is 0. The predicted octanol–water partition coefficient (Wildman–Crippen LogP) is -3.05. The van der Waals surface area contributed by atoms with Crippen LogP contribution in [0.3, 0.4) is 0 Å². The molecule has 0 heterocycles. The van der Waals surface area contributed by atoms with Crippen LogP contribution in [0.1, 0.15) is 55.6 Å².